The van der Waals surface area contributed by atoms with Crippen LogP contribution >= 0.6 is 0 Å². The van der Waals surface area contributed by atoms with Gasteiger partial charge in [-0.05, 0) is 31.9 Å². The second-order valence-electron chi connectivity index (χ2n) is 7.65. The number of hydrogen-bond donors (Lipinski definition) is 2. The fraction of sp³-hybridized carbons (Fsp3) is 0.500. The molecule has 2 N–H and O–H groups in total. The maximum atomic E-state index is 14.8. The van der Waals surface area contributed by atoms with E-state index in [1.54, 1.807) is 9.47 Å². The number of benzene rings is 1. The molecule has 8 heteroatoms. The third kappa shape index (κ3) is 3.37. The third-order valence-corrected chi connectivity index (χ3v) is 5.67. The van der Waals surface area contributed by atoms with Gasteiger partial charge in [-0.25, -0.2) is 13.6 Å². The highest BCUT2D eigenvalue weighted by atomic mass is 19.1. The van der Waals surface area contributed by atoms with Crippen molar-refractivity contribution < 1.29 is 18.7 Å². The van der Waals surface area contributed by atoms with Gasteiger partial charge in [0.05, 0.1) is 11.2 Å². The lowest BCUT2D eigenvalue weighted by molar-refractivity contribution is 0.0695. The van der Waals surface area contributed by atoms with Crippen LogP contribution in [0, 0.1) is 11.7 Å². The number of aryl methyl sites for hydroxylation is 1. The lowest BCUT2D eigenvalue weighted by atomic mass is 10.1. The van der Waals surface area contributed by atoms with Crippen molar-refractivity contribution in [2.75, 3.05) is 24.5 Å². The molecule has 1 aromatic heterocycles. The number of nitrogens with zero attached hydrogens (tertiary/aromatic N) is 2. The summed E-state index contributed by atoms with van der Waals surface area (Å²) in [6, 6.07) is 3.10. The van der Waals surface area contributed by atoms with Crippen molar-refractivity contribution in [1.82, 2.24) is 9.88 Å². The first-order valence-electron chi connectivity index (χ1n) is 9.61. The zero-order chi connectivity index (χ0) is 20.0. The lowest BCUT2D eigenvalue weighted by Crippen LogP contribution is -2.30. The predicted octanol–water partition coefficient (Wildman–Crippen LogP) is 2.39. The number of carbonyl (C=O) groups is 1. The largest absolute Gasteiger partial charge is 0.477 e. The molecule has 150 valence electrons. The van der Waals surface area contributed by atoms with Crippen LogP contribution in [-0.2, 0) is 6.54 Å². The summed E-state index contributed by atoms with van der Waals surface area (Å²) < 4.78 is 30.9. The van der Waals surface area contributed by atoms with Gasteiger partial charge in [0.1, 0.15) is 17.6 Å². The van der Waals surface area contributed by atoms with Gasteiger partial charge >= 0.3 is 5.97 Å². The number of carboxylic acid groups (broad SMARTS) is 1. The van der Waals surface area contributed by atoms with Crippen molar-refractivity contribution in [3.63, 3.8) is 0 Å². The molecule has 2 aliphatic rings. The number of carboxylic acids is 1. The third-order valence-electron chi connectivity index (χ3n) is 5.67. The Morgan fingerprint density at radius 1 is 1.32 bits per heavy atom. The highest BCUT2D eigenvalue weighted by molar-refractivity contribution is 5.93. The van der Waals surface area contributed by atoms with Crippen molar-refractivity contribution in [1.29, 1.82) is 0 Å². The zero-order valence-electron chi connectivity index (χ0n) is 15.6. The highest BCUT2D eigenvalue weighted by Crippen LogP contribution is 2.31. The van der Waals surface area contributed by atoms with Crippen molar-refractivity contribution >= 4 is 22.6 Å². The Morgan fingerprint density at radius 3 is 2.71 bits per heavy atom. The van der Waals surface area contributed by atoms with Crippen molar-refractivity contribution in [2.24, 2.45) is 5.92 Å². The van der Waals surface area contributed by atoms with Crippen LogP contribution in [0.1, 0.15) is 30.1 Å². The van der Waals surface area contributed by atoms with E-state index in [4.69, 9.17) is 0 Å². The average molecular weight is 391 g/mol. The first kappa shape index (κ1) is 18.9. The van der Waals surface area contributed by atoms with E-state index >= 15 is 0 Å². The second kappa shape index (κ2) is 7.16. The minimum absolute atomic E-state index is 0.0194. The van der Waals surface area contributed by atoms with Crippen LogP contribution in [0.5, 0.6) is 0 Å². The van der Waals surface area contributed by atoms with E-state index in [9.17, 15) is 23.5 Å². The Labute approximate surface area is 160 Å². The Hall–Kier alpha value is -2.48. The number of nitrogens with one attached hydrogen (secondary N) is 1. The Kier molecular flexibility index (Phi) is 4.82. The number of fused-ring (bicyclic) bond motifs is 1. The molecule has 2 heterocycles. The molecule has 2 fully saturated rings. The van der Waals surface area contributed by atoms with Gasteiger partial charge in [0, 0.05) is 49.7 Å². The van der Waals surface area contributed by atoms with Crippen LogP contribution < -0.4 is 15.6 Å². The van der Waals surface area contributed by atoms with Gasteiger partial charge < -0.3 is 19.9 Å². The van der Waals surface area contributed by atoms with Gasteiger partial charge in [0.25, 0.3) is 0 Å². The first-order chi connectivity index (χ1) is 13.4. The van der Waals surface area contributed by atoms with Gasteiger partial charge in [-0.1, -0.05) is 0 Å². The predicted molar refractivity (Wildman–Crippen MR) is 102 cm³/mol. The second-order valence-corrected chi connectivity index (χ2v) is 7.65. The topological polar surface area (TPSA) is 74.6 Å². The van der Waals surface area contributed by atoms with Gasteiger partial charge in [-0.2, -0.15) is 0 Å². The van der Waals surface area contributed by atoms with E-state index in [2.05, 4.69) is 5.32 Å². The van der Waals surface area contributed by atoms with Gasteiger partial charge in [0.2, 0.25) is 5.43 Å². The molecule has 1 aliphatic heterocycles. The average Bonchev–Trinajstić information content (AvgIpc) is 3.42. The Morgan fingerprint density at radius 2 is 2.07 bits per heavy atom. The number of hydrogen-bond acceptors (Lipinski definition) is 4. The molecular weight excluding hydrogens is 368 g/mol. The molecule has 1 saturated carbocycles. The minimum Gasteiger partial charge on any atom is -0.477 e. The summed E-state index contributed by atoms with van der Waals surface area (Å²) in [5.41, 5.74) is -0.413. The molecule has 1 aliphatic carbocycles. The SMILES string of the molecule is CCn1cc(C(=O)O)c(=O)c2cc(F)c(N3C[C@H](CNC4CC4)[C@H](F)C3)cc21. The van der Waals surface area contributed by atoms with E-state index in [1.807, 2.05) is 6.92 Å². The van der Waals surface area contributed by atoms with Gasteiger partial charge in [-0.3, -0.25) is 4.79 Å². The monoisotopic (exact) mass is 391 g/mol. The van der Waals surface area contributed by atoms with Crippen LogP contribution in [0.25, 0.3) is 10.9 Å². The minimum atomic E-state index is -1.34. The van der Waals surface area contributed by atoms with Gasteiger partial charge in [0.15, 0.2) is 0 Å². The molecule has 2 atom stereocenters. The smallest absolute Gasteiger partial charge is 0.341 e. The number of halogens is 2. The van der Waals surface area contributed by atoms with Crippen LogP contribution in [-0.4, -0.2) is 47.5 Å². The van der Waals surface area contributed by atoms with E-state index in [0.29, 0.717) is 31.2 Å². The summed E-state index contributed by atoms with van der Waals surface area (Å²) in [5, 5.41) is 12.6. The quantitative estimate of drug-likeness (QED) is 0.791. The molecule has 0 amide bonds. The number of aromatic carboxylic acids is 1. The molecule has 0 bridgehead atoms. The fourth-order valence-electron chi connectivity index (χ4n) is 3.88. The summed E-state index contributed by atoms with van der Waals surface area (Å²) in [5.74, 6) is -2.19. The molecular formula is C20H23F2N3O3. The molecule has 0 unspecified atom stereocenters. The van der Waals surface area contributed by atoms with E-state index in [1.165, 1.54) is 12.3 Å². The maximum Gasteiger partial charge on any atom is 0.341 e. The van der Waals surface area contributed by atoms with E-state index in [0.717, 1.165) is 18.9 Å². The lowest BCUT2D eigenvalue weighted by Gasteiger charge is -2.21. The molecule has 0 radical (unpaired) electrons. The summed E-state index contributed by atoms with van der Waals surface area (Å²) in [6.45, 7) is 3.29. The summed E-state index contributed by atoms with van der Waals surface area (Å²) in [4.78, 5) is 25.4. The number of anilines is 1. The highest BCUT2D eigenvalue weighted by Gasteiger charge is 2.35. The molecule has 2 aromatic rings. The normalized spacial score (nSPS) is 22.2. The maximum absolute atomic E-state index is 14.8. The summed E-state index contributed by atoms with van der Waals surface area (Å²) in [7, 11) is 0. The zero-order valence-corrected chi connectivity index (χ0v) is 15.6. The standard InChI is InChI=1S/C20H23F2N3O3/c1-2-24-9-14(20(27)28)19(26)13-5-15(21)18(6-17(13)24)25-8-11(16(22)10-25)7-23-12-3-4-12/h5-6,9,11-12,16,23H,2-4,7-8,10H2,1H3,(H,27,28)/t11-,16+/m0/s1. The molecule has 28 heavy (non-hydrogen) atoms. The first-order valence-corrected chi connectivity index (χ1v) is 9.61. The van der Waals surface area contributed by atoms with Crippen LogP contribution in [0.15, 0.2) is 23.1 Å². The van der Waals surface area contributed by atoms with Crippen LogP contribution in [0.4, 0.5) is 14.5 Å². The number of aromatic nitrogens is 1. The molecule has 4 rings (SSSR count). The summed E-state index contributed by atoms with van der Waals surface area (Å²) >= 11 is 0. The molecule has 0 spiro atoms. The summed E-state index contributed by atoms with van der Waals surface area (Å²) in [6.07, 6.45) is 2.47. The Balaban J connectivity index is 1.70. The fourth-order valence-corrected chi connectivity index (χ4v) is 3.88. The Bertz CT molecular complexity index is 987. The number of rotatable bonds is 6. The molecule has 1 saturated heterocycles. The van der Waals surface area contributed by atoms with Crippen molar-refractivity contribution in [3.8, 4) is 0 Å². The number of alkyl halides is 1. The van der Waals surface area contributed by atoms with E-state index < -0.39 is 29.0 Å². The van der Waals surface area contributed by atoms with Crippen LogP contribution in [0.3, 0.4) is 0 Å². The van der Waals surface area contributed by atoms with E-state index in [-0.39, 0.29) is 23.5 Å². The molecule has 6 nitrogen and oxygen atoms in total. The number of pyridine rings is 1. The van der Waals surface area contributed by atoms with Crippen molar-refractivity contribution in [3.05, 3.63) is 39.9 Å². The van der Waals surface area contributed by atoms with Gasteiger partial charge in [-0.15, -0.1) is 0 Å². The molecule has 1 aromatic carbocycles. The van der Waals surface area contributed by atoms with Crippen molar-refractivity contribution in [2.45, 2.75) is 38.5 Å². The van der Waals surface area contributed by atoms with Crippen LogP contribution in [0.2, 0.25) is 0 Å².